The second kappa shape index (κ2) is 12.8. The van der Waals surface area contributed by atoms with Gasteiger partial charge in [0.25, 0.3) is 0 Å². The van der Waals surface area contributed by atoms with Crippen LogP contribution in [-0.2, 0) is 9.47 Å². The zero-order chi connectivity index (χ0) is 22.8. The molecule has 1 fully saturated rings. The van der Waals surface area contributed by atoms with Crippen LogP contribution >= 0.6 is 0 Å². The van der Waals surface area contributed by atoms with Crippen molar-refractivity contribution in [3.8, 4) is 5.75 Å². The van der Waals surface area contributed by atoms with E-state index in [1.54, 1.807) is 0 Å². The smallest absolute Gasteiger partial charge is 0.169 e. The topological polar surface area (TPSA) is 44.8 Å². The number of rotatable bonds is 7. The highest BCUT2D eigenvalue weighted by atomic mass is 16.5. The Morgan fingerprint density at radius 3 is 2.47 bits per heavy atom. The molecule has 32 heavy (non-hydrogen) atoms. The first-order valence-electron chi connectivity index (χ1n) is 12.2. The molecule has 0 amide bonds. The fraction of sp³-hybridized carbons (Fsp3) is 0.536. The Hall–Kier alpha value is -2.17. The molecule has 0 aromatic heterocycles. The Balaban J connectivity index is 1.73. The zero-order valence-electron chi connectivity index (χ0n) is 19.8. The highest BCUT2D eigenvalue weighted by molar-refractivity contribution is 6.00. The van der Waals surface area contributed by atoms with E-state index in [-0.39, 0.29) is 30.0 Å². The molecule has 0 bridgehead atoms. The van der Waals surface area contributed by atoms with Gasteiger partial charge in [0.15, 0.2) is 5.78 Å². The maximum Gasteiger partial charge on any atom is 0.169 e. The van der Waals surface area contributed by atoms with Gasteiger partial charge in [-0.2, -0.15) is 0 Å². The average molecular weight is 439 g/mol. The molecule has 2 aromatic rings. The Bertz CT molecular complexity index is 817. The first-order chi connectivity index (χ1) is 15.6. The number of ether oxygens (including phenoxy) is 3. The third kappa shape index (κ3) is 7.18. The number of hydrogen-bond acceptors (Lipinski definition) is 4. The van der Waals surface area contributed by atoms with Crippen molar-refractivity contribution in [3.05, 3.63) is 65.7 Å². The van der Waals surface area contributed by atoms with Gasteiger partial charge in [0.05, 0.1) is 23.9 Å². The van der Waals surface area contributed by atoms with E-state index in [0.717, 1.165) is 38.5 Å². The lowest BCUT2D eigenvalue weighted by Gasteiger charge is -2.24. The van der Waals surface area contributed by atoms with Gasteiger partial charge >= 0.3 is 0 Å². The van der Waals surface area contributed by atoms with Gasteiger partial charge in [-0.25, -0.2) is 0 Å². The zero-order valence-corrected chi connectivity index (χ0v) is 19.8. The fourth-order valence-electron chi connectivity index (χ4n) is 4.51. The average Bonchev–Trinajstić information content (AvgIpc) is 2.84. The molecule has 0 aliphatic carbocycles. The van der Waals surface area contributed by atoms with Crippen molar-refractivity contribution in [1.29, 1.82) is 0 Å². The lowest BCUT2D eigenvalue weighted by molar-refractivity contribution is -0.0183. The first-order valence-corrected chi connectivity index (χ1v) is 12.2. The molecule has 4 nitrogen and oxygen atoms in total. The summed E-state index contributed by atoms with van der Waals surface area (Å²) in [7, 11) is 0. The van der Waals surface area contributed by atoms with Crippen LogP contribution in [0.3, 0.4) is 0 Å². The maximum absolute atomic E-state index is 13.5. The minimum absolute atomic E-state index is 0.0222. The van der Waals surface area contributed by atoms with Gasteiger partial charge in [0, 0.05) is 25.6 Å². The third-order valence-electron chi connectivity index (χ3n) is 6.03. The number of carbonyl (C=O) groups excluding carboxylic acids is 1. The molecule has 1 aliphatic rings. The molecular formula is C28H38O4. The molecule has 174 valence electrons. The molecule has 2 aromatic carbocycles. The molecule has 3 rings (SSSR count). The van der Waals surface area contributed by atoms with Crippen molar-refractivity contribution in [2.24, 2.45) is 5.92 Å². The molecule has 1 heterocycles. The monoisotopic (exact) mass is 438 g/mol. The number of para-hydroxylation sites is 1. The number of carbonyl (C=O) groups is 1. The van der Waals surface area contributed by atoms with Crippen LogP contribution in [0, 0.1) is 5.92 Å². The van der Waals surface area contributed by atoms with Crippen LogP contribution in [0.1, 0.15) is 81.3 Å². The quantitative estimate of drug-likeness (QED) is 0.446. The Morgan fingerprint density at radius 2 is 1.72 bits per heavy atom. The molecule has 0 spiro atoms. The minimum Gasteiger partial charge on any atom is -0.490 e. The van der Waals surface area contributed by atoms with Crippen LogP contribution in [-0.4, -0.2) is 31.2 Å². The van der Waals surface area contributed by atoms with Crippen molar-refractivity contribution in [2.45, 2.75) is 77.6 Å². The molecule has 4 heteroatoms. The SMILES string of the molecule is CCOC1CCCC(C(=O)c2ccccc2OC(C)C)CCCOC(c2ccccc2)C1. The van der Waals surface area contributed by atoms with Crippen molar-refractivity contribution >= 4 is 5.78 Å². The van der Waals surface area contributed by atoms with Crippen LogP contribution in [0.15, 0.2) is 54.6 Å². The summed E-state index contributed by atoms with van der Waals surface area (Å²) < 4.78 is 18.3. The van der Waals surface area contributed by atoms with Gasteiger partial charge in [-0.05, 0) is 64.2 Å². The third-order valence-corrected chi connectivity index (χ3v) is 6.03. The largest absolute Gasteiger partial charge is 0.490 e. The summed E-state index contributed by atoms with van der Waals surface area (Å²) in [5.74, 6) is 0.855. The van der Waals surface area contributed by atoms with Crippen LogP contribution in [0.5, 0.6) is 5.75 Å². The van der Waals surface area contributed by atoms with Crippen molar-refractivity contribution in [2.75, 3.05) is 13.2 Å². The molecule has 0 N–H and O–H groups in total. The summed E-state index contributed by atoms with van der Waals surface area (Å²) in [6, 6.07) is 18.1. The van der Waals surface area contributed by atoms with Crippen LogP contribution in [0.4, 0.5) is 0 Å². The molecule has 0 radical (unpaired) electrons. The van der Waals surface area contributed by atoms with Crippen LogP contribution < -0.4 is 4.74 Å². The normalized spacial score (nSPS) is 22.8. The fourth-order valence-corrected chi connectivity index (χ4v) is 4.51. The Morgan fingerprint density at radius 1 is 1.00 bits per heavy atom. The predicted octanol–water partition coefficient (Wildman–Crippen LogP) is 6.79. The van der Waals surface area contributed by atoms with Gasteiger partial charge in [-0.1, -0.05) is 48.9 Å². The number of ketones is 1. The van der Waals surface area contributed by atoms with Crippen molar-refractivity contribution in [1.82, 2.24) is 0 Å². The lowest BCUT2D eigenvalue weighted by Crippen LogP contribution is -2.19. The van der Waals surface area contributed by atoms with E-state index in [1.165, 1.54) is 5.56 Å². The van der Waals surface area contributed by atoms with Gasteiger partial charge in [0.1, 0.15) is 5.75 Å². The second-order valence-corrected chi connectivity index (χ2v) is 8.88. The molecule has 1 aliphatic heterocycles. The van der Waals surface area contributed by atoms with Gasteiger partial charge in [0.2, 0.25) is 0 Å². The van der Waals surface area contributed by atoms with E-state index in [1.807, 2.05) is 51.1 Å². The lowest BCUT2D eigenvalue weighted by atomic mass is 9.88. The molecule has 3 atom stereocenters. The summed E-state index contributed by atoms with van der Waals surface area (Å²) in [6.45, 7) is 7.35. The van der Waals surface area contributed by atoms with E-state index in [0.29, 0.717) is 24.5 Å². The van der Waals surface area contributed by atoms with E-state index < -0.39 is 0 Å². The van der Waals surface area contributed by atoms with Gasteiger partial charge in [-0.15, -0.1) is 0 Å². The van der Waals surface area contributed by atoms with E-state index in [9.17, 15) is 4.79 Å². The van der Waals surface area contributed by atoms with Crippen LogP contribution in [0.2, 0.25) is 0 Å². The predicted molar refractivity (Wildman–Crippen MR) is 128 cm³/mol. The standard InChI is InChI=1S/C28H38O4/c1-4-30-24-16-10-14-23(28(29)25-17-8-9-18-26(25)32-21(2)3)15-11-19-31-27(20-24)22-12-6-5-7-13-22/h5-9,12-13,17-18,21,23-24,27H,4,10-11,14-16,19-20H2,1-3H3. The molecule has 3 unspecified atom stereocenters. The highest BCUT2D eigenvalue weighted by Gasteiger charge is 2.26. The number of Topliss-reactive ketones (excluding diaryl/α,β-unsaturated/α-hetero) is 1. The summed E-state index contributed by atoms with van der Waals surface area (Å²) in [6.07, 6.45) is 5.52. The molecule has 0 saturated carbocycles. The molecule has 1 saturated heterocycles. The van der Waals surface area contributed by atoms with Crippen LogP contribution in [0.25, 0.3) is 0 Å². The molecular weight excluding hydrogens is 400 g/mol. The maximum atomic E-state index is 13.5. The van der Waals surface area contributed by atoms with E-state index in [4.69, 9.17) is 14.2 Å². The van der Waals surface area contributed by atoms with Crippen molar-refractivity contribution in [3.63, 3.8) is 0 Å². The summed E-state index contributed by atoms with van der Waals surface area (Å²) in [4.78, 5) is 13.5. The van der Waals surface area contributed by atoms with E-state index >= 15 is 0 Å². The minimum atomic E-state index is -0.0222. The number of benzene rings is 2. The van der Waals surface area contributed by atoms with Gasteiger partial charge in [-0.3, -0.25) is 4.79 Å². The summed E-state index contributed by atoms with van der Waals surface area (Å²) in [5.41, 5.74) is 1.90. The Labute approximate surface area is 193 Å². The Kier molecular flexibility index (Phi) is 9.76. The summed E-state index contributed by atoms with van der Waals surface area (Å²) in [5, 5.41) is 0. The first kappa shape index (κ1) is 24.5. The van der Waals surface area contributed by atoms with Gasteiger partial charge < -0.3 is 14.2 Å². The number of hydrogen-bond donors (Lipinski definition) is 0. The summed E-state index contributed by atoms with van der Waals surface area (Å²) >= 11 is 0. The van der Waals surface area contributed by atoms with Crippen molar-refractivity contribution < 1.29 is 19.0 Å². The second-order valence-electron chi connectivity index (χ2n) is 8.88. The highest BCUT2D eigenvalue weighted by Crippen LogP contribution is 2.31. The van der Waals surface area contributed by atoms with E-state index in [2.05, 4.69) is 24.3 Å².